The molecule has 0 aliphatic rings. The minimum Gasteiger partial charge on any atom is -0.371 e. The summed E-state index contributed by atoms with van der Waals surface area (Å²) in [6.45, 7) is 6.55. The zero-order valence-corrected chi connectivity index (χ0v) is 15.8. The summed E-state index contributed by atoms with van der Waals surface area (Å²) in [4.78, 5) is 18.9. The molecule has 140 valence electrons. The second-order valence-electron chi connectivity index (χ2n) is 5.00. The topological polar surface area (TPSA) is 121 Å². The number of rotatable bonds is 14. The molecule has 0 aromatic heterocycles. The molecule has 0 amide bonds. The van der Waals surface area contributed by atoms with Gasteiger partial charge in [0, 0.05) is 0 Å². The van der Waals surface area contributed by atoms with Gasteiger partial charge in [0.1, 0.15) is 6.10 Å². The van der Waals surface area contributed by atoms with Crippen molar-refractivity contribution in [2.75, 3.05) is 26.4 Å². The van der Waals surface area contributed by atoms with Crippen LogP contribution in [-0.2, 0) is 32.0 Å². The summed E-state index contributed by atoms with van der Waals surface area (Å²) >= 11 is 0. The number of phosphoric ester groups is 2. The second-order valence-corrected chi connectivity index (χ2v) is 7.91. The molecule has 0 spiro atoms. The summed E-state index contributed by atoms with van der Waals surface area (Å²) in [6, 6.07) is 0. The van der Waals surface area contributed by atoms with Crippen LogP contribution in [0.3, 0.4) is 0 Å². The number of ether oxygens (including phenoxy) is 1. The first-order valence-electron chi connectivity index (χ1n) is 7.51. The van der Waals surface area contributed by atoms with Crippen LogP contribution in [0.2, 0.25) is 0 Å². The zero-order valence-electron chi connectivity index (χ0n) is 14.0. The highest BCUT2D eigenvalue weighted by Crippen LogP contribution is 2.45. The molecule has 0 rings (SSSR count). The number of phosphoric acid groups is 2. The van der Waals surface area contributed by atoms with Crippen molar-refractivity contribution >= 4 is 15.6 Å². The van der Waals surface area contributed by atoms with E-state index in [0.29, 0.717) is 12.8 Å². The lowest BCUT2D eigenvalue weighted by Crippen LogP contribution is -2.28. The first-order chi connectivity index (χ1) is 10.6. The maximum absolute atomic E-state index is 11.6. The minimum absolute atomic E-state index is 0.0800. The van der Waals surface area contributed by atoms with E-state index in [1.54, 1.807) is 27.7 Å². The van der Waals surface area contributed by atoms with E-state index in [1.165, 1.54) is 0 Å². The Labute approximate surface area is 137 Å². The van der Waals surface area contributed by atoms with Gasteiger partial charge in [-0.2, -0.15) is 0 Å². The third kappa shape index (κ3) is 13.2. The Hall–Kier alpha value is 0.180. The highest BCUT2D eigenvalue weighted by atomic mass is 31.2. The fourth-order valence-corrected chi connectivity index (χ4v) is 3.04. The normalized spacial score (nSPS) is 18.6. The molecule has 0 saturated heterocycles. The quantitative estimate of drug-likeness (QED) is 0.439. The highest BCUT2D eigenvalue weighted by Gasteiger charge is 2.27. The molecule has 0 aliphatic carbocycles. The first-order valence-corrected chi connectivity index (χ1v) is 10.5. The lowest BCUT2D eigenvalue weighted by atomic mass is 10.4. The van der Waals surface area contributed by atoms with E-state index in [2.05, 4.69) is 0 Å². The van der Waals surface area contributed by atoms with Crippen LogP contribution >= 0.6 is 15.6 Å². The first kappa shape index (κ1) is 23.2. The van der Waals surface area contributed by atoms with Gasteiger partial charge in [-0.25, -0.2) is 9.13 Å². The summed E-state index contributed by atoms with van der Waals surface area (Å²) in [5.41, 5.74) is 0. The Morgan fingerprint density at radius 3 is 1.52 bits per heavy atom. The highest BCUT2D eigenvalue weighted by molar-refractivity contribution is 7.47. The maximum atomic E-state index is 11.6. The Morgan fingerprint density at radius 2 is 1.22 bits per heavy atom. The summed E-state index contributed by atoms with van der Waals surface area (Å²) in [5.74, 6) is 0. The standard InChI is InChI=1S/C12H28O9P2/c1-5-7-17-22(13,14)19-9-12(21-11(3)4)10-20-23(15,16)18-8-6-2/h11-12H,5-10H2,1-4H3,(H,13,14)(H,15,16). The fourth-order valence-electron chi connectivity index (χ4n) is 1.35. The predicted octanol–water partition coefficient (Wildman–Crippen LogP) is 2.87. The smallest absolute Gasteiger partial charge is 0.371 e. The monoisotopic (exact) mass is 378 g/mol. The van der Waals surface area contributed by atoms with Gasteiger partial charge in [0.05, 0.1) is 32.5 Å². The third-order valence-corrected chi connectivity index (χ3v) is 4.20. The van der Waals surface area contributed by atoms with E-state index >= 15 is 0 Å². The molecule has 0 radical (unpaired) electrons. The predicted molar refractivity (Wildman–Crippen MR) is 84.0 cm³/mol. The molecule has 0 aromatic carbocycles. The van der Waals surface area contributed by atoms with Gasteiger partial charge in [-0.15, -0.1) is 0 Å². The van der Waals surface area contributed by atoms with Gasteiger partial charge in [-0.3, -0.25) is 18.1 Å². The van der Waals surface area contributed by atoms with Crippen molar-refractivity contribution in [2.24, 2.45) is 0 Å². The van der Waals surface area contributed by atoms with E-state index in [0.717, 1.165) is 0 Å². The molecule has 0 aliphatic heterocycles. The lowest BCUT2D eigenvalue weighted by Gasteiger charge is -2.22. The van der Waals surface area contributed by atoms with Gasteiger partial charge in [0.25, 0.3) is 0 Å². The van der Waals surface area contributed by atoms with Crippen LogP contribution < -0.4 is 0 Å². The fraction of sp³-hybridized carbons (Fsp3) is 1.00. The summed E-state index contributed by atoms with van der Waals surface area (Å²) in [6.07, 6.45) is 0.0551. The molecular weight excluding hydrogens is 350 g/mol. The van der Waals surface area contributed by atoms with Crippen molar-refractivity contribution in [3.05, 3.63) is 0 Å². The molecule has 0 aromatic rings. The van der Waals surface area contributed by atoms with Crippen LogP contribution in [0.4, 0.5) is 0 Å². The number of hydrogen-bond acceptors (Lipinski definition) is 7. The minimum atomic E-state index is -4.19. The van der Waals surface area contributed by atoms with E-state index in [-0.39, 0.29) is 32.5 Å². The molecule has 0 heterocycles. The molecule has 9 nitrogen and oxygen atoms in total. The van der Waals surface area contributed by atoms with Crippen molar-refractivity contribution in [2.45, 2.75) is 52.7 Å². The Bertz CT molecular complexity index is 370. The van der Waals surface area contributed by atoms with Crippen LogP contribution in [0, 0.1) is 0 Å². The molecule has 2 atom stereocenters. The SMILES string of the molecule is CCCOP(=O)(O)OCC(COP(=O)(O)OCCC)OC(C)C. The molecule has 0 fully saturated rings. The Morgan fingerprint density at radius 1 is 0.826 bits per heavy atom. The van der Waals surface area contributed by atoms with Gasteiger partial charge in [-0.05, 0) is 26.7 Å². The van der Waals surface area contributed by atoms with Crippen LogP contribution in [0.1, 0.15) is 40.5 Å². The van der Waals surface area contributed by atoms with Gasteiger partial charge < -0.3 is 14.5 Å². The van der Waals surface area contributed by atoms with Gasteiger partial charge in [-0.1, -0.05) is 13.8 Å². The van der Waals surface area contributed by atoms with Crippen molar-refractivity contribution in [1.82, 2.24) is 0 Å². The molecule has 2 N–H and O–H groups in total. The van der Waals surface area contributed by atoms with E-state index < -0.39 is 21.7 Å². The van der Waals surface area contributed by atoms with Crippen LogP contribution in [0.15, 0.2) is 0 Å². The number of hydrogen-bond donors (Lipinski definition) is 2. The van der Waals surface area contributed by atoms with Gasteiger partial charge in [0.2, 0.25) is 0 Å². The van der Waals surface area contributed by atoms with Crippen LogP contribution in [0.5, 0.6) is 0 Å². The average Bonchev–Trinajstić information content (AvgIpc) is 2.46. The molecule has 11 heteroatoms. The maximum Gasteiger partial charge on any atom is 0.472 e. The van der Waals surface area contributed by atoms with E-state index in [4.69, 9.17) is 22.8 Å². The molecular formula is C12H28O9P2. The molecule has 0 saturated carbocycles. The summed E-state index contributed by atoms with van der Waals surface area (Å²) < 4.78 is 47.6. The lowest BCUT2D eigenvalue weighted by molar-refractivity contribution is -0.0503. The van der Waals surface area contributed by atoms with E-state index in [1.807, 2.05) is 0 Å². The largest absolute Gasteiger partial charge is 0.472 e. The average molecular weight is 378 g/mol. The van der Waals surface area contributed by atoms with E-state index in [9.17, 15) is 18.9 Å². The van der Waals surface area contributed by atoms with Crippen molar-refractivity contribution in [3.63, 3.8) is 0 Å². The van der Waals surface area contributed by atoms with Crippen molar-refractivity contribution < 1.29 is 41.7 Å². The molecule has 23 heavy (non-hydrogen) atoms. The Balaban J connectivity index is 4.47. The molecule has 0 bridgehead atoms. The zero-order chi connectivity index (χ0) is 17.9. The second kappa shape index (κ2) is 11.7. The van der Waals surface area contributed by atoms with Crippen molar-refractivity contribution in [3.8, 4) is 0 Å². The van der Waals surface area contributed by atoms with Crippen LogP contribution in [0.25, 0.3) is 0 Å². The summed E-state index contributed by atoms with van der Waals surface area (Å²) in [5, 5.41) is 0. The third-order valence-electron chi connectivity index (χ3n) is 2.23. The van der Waals surface area contributed by atoms with Gasteiger partial charge >= 0.3 is 15.6 Å². The Kier molecular flexibility index (Phi) is 11.8. The van der Waals surface area contributed by atoms with Crippen molar-refractivity contribution in [1.29, 1.82) is 0 Å². The molecule has 2 unspecified atom stereocenters. The van der Waals surface area contributed by atoms with Gasteiger partial charge in [0.15, 0.2) is 0 Å². The summed E-state index contributed by atoms with van der Waals surface area (Å²) in [7, 11) is -8.37. The van der Waals surface area contributed by atoms with Crippen LogP contribution in [-0.4, -0.2) is 48.4 Å².